The molecule has 2 aromatic rings. The van der Waals surface area contributed by atoms with Crippen LogP contribution >= 0.6 is 0 Å². The van der Waals surface area contributed by atoms with Gasteiger partial charge in [-0.3, -0.25) is 9.10 Å². The van der Waals surface area contributed by atoms with Crippen LogP contribution in [0.5, 0.6) is 5.75 Å². The summed E-state index contributed by atoms with van der Waals surface area (Å²) >= 11 is 0. The Balaban J connectivity index is 1.60. The number of carbonyl (C=O) groups excluding carboxylic acids is 1. The first-order chi connectivity index (χ1) is 14.8. The van der Waals surface area contributed by atoms with Crippen molar-refractivity contribution in [3.63, 3.8) is 0 Å². The molecular weight excluding hydrogens is 412 g/mol. The van der Waals surface area contributed by atoms with Crippen molar-refractivity contribution >= 4 is 21.6 Å². The molecule has 0 N–H and O–H groups in total. The molecule has 0 bridgehead atoms. The molecule has 2 fully saturated rings. The summed E-state index contributed by atoms with van der Waals surface area (Å²) in [5, 5.41) is 0. The van der Waals surface area contributed by atoms with Gasteiger partial charge in [-0.1, -0.05) is 18.9 Å². The third-order valence-corrected chi connectivity index (χ3v) is 8.54. The number of anilines is 1. The molecule has 4 rings (SSSR count). The van der Waals surface area contributed by atoms with Crippen molar-refractivity contribution in [1.82, 2.24) is 4.90 Å². The largest absolute Gasteiger partial charge is 0.497 e. The molecule has 2 aliphatic rings. The van der Waals surface area contributed by atoms with Gasteiger partial charge in [-0.15, -0.1) is 0 Å². The Labute approximate surface area is 184 Å². The molecule has 0 radical (unpaired) electrons. The van der Waals surface area contributed by atoms with Gasteiger partial charge >= 0.3 is 0 Å². The molecule has 3 atom stereocenters. The maximum Gasteiger partial charge on any atom is 0.264 e. The Morgan fingerprint density at radius 2 is 1.81 bits per heavy atom. The van der Waals surface area contributed by atoms with E-state index < -0.39 is 10.0 Å². The number of likely N-dealkylation sites (tertiary alicyclic amines) is 1. The van der Waals surface area contributed by atoms with Gasteiger partial charge in [0.2, 0.25) is 0 Å². The molecule has 1 aliphatic heterocycles. The first-order valence-electron chi connectivity index (χ1n) is 10.9. The Kier molecular flexibility index (Phi) is 5.97. The van der Waals surface area contributed by atoms with Crippen LogP contribution in [0, 0.1) is 5.92 Å². The van der Waals surface area contributed by atoms with Gasteiger partial charge in [-0.05, 0) is 74.6 Å². The van der Waals surface area contributed by atoms with Crippen molar-refractivity contribution in [2.45, 2.75) is 56.0 Å². The summed E-state index contributed by atoms with van der Waals surface area (Å²) < 4.78 is 32.9. The van der Waals surface area contributed by atoms with E-state index in [1.54, 1.807) is 49.6 Å². The Morgan fingerprint density at radius 3 is 2.52 bits per heavy atom. The zero-order valence-electron chi connectivity index (χ0n) is 18.3. The van der Waals surface area contributed by atoms with Gasteiger partial charge in [-0.2, -0.15) is 0 Å². The number of hydrogen-bond donors (Lipinski definition) is 0. The zero-order chi connectivity index (χ0) is 22.2. The monoisotopic (exact) mass is 442 g/mol. The summed E-state index contributed by atoms with van der Waals surface area (Å²) in [4.78, 5) is 15.5. The highest BCUT2D eigenvalue weighted by Gasteiger charge is 2.42. The number of amides is 1. The molecule has 1 saturated heterocycles. The van der Waals surface area contributed by atoms with Crippen LogP contribution in [0.1, 0.15) is 49.4 Å². The van der Waals surface area contributed by atoms with Crippen molar-refractivity contribution < 1.29 is 17.9 Å². The highest BCUT2D eigenvalue weighted by molar-refractivity contribution is 7.92. The number of nitrogens with zero attached hydrogens (tertiary/aromatic N) is 2. The van der Waals surface area contributed by atoms with E-state index in [0.717, 1.165) is 19.3 Å². The zero-order valence-corrected chi connectivity index (χ0v) is 19.1. The molecule has 0 aromatic heterocycles. The molecule has 2 aromatic carbocycles. The number of ether oxygens (including phenoxy) is 1. The fourth-order valence-corrected chi connectivity index (χ4v) is 6.33. The third-order valence-electron chi connectivity index (χ3n) is 6.75. The SMILES string of the molecule is COc1ccc(N(C)S(=O)(=O)c2cccc(C(=O)N3C(C)CC4CCCCC43)c2)cc1. The molecular formula is C24H30N2O4S. The van der Waals surface area contributed by atoms with E-state index in [4.69, 9.17) is 4.74 Å². The lowest BCUT2D eigenvalue weighted by Gasteiger charge is -2.33. The van der Waals surface area contributed by atoms with E-state index in [1.165, 1.54) is 30.3 Å². The van der Waals surface area contributed by atoms with E-state index in [1.807, 2.05) is 4.90 Å². The maximum absolute atomic E-state index is 13.4. The van der Waals surface area contributed by atoms with Crippen molar-refractivity contribution in [1.29, 1.82) is 0 Å². The normalized spacial score (nSPS) is 23.3. The maximum atomic E-state index is 13.4. The lowest BCUT2D eigenvalue weighted by molar-refractivity contribution is 0.0633. The van der Waals surface area contributed by atoms with E-state index in [-0.39, 0.29) is 22.9 Å². The lowest BCUT2D eigenvalue weighted by atomic mass is 9.85. The van der Waals surface area contributed by atoms with Gasteiger partial charge in [0.15, 0.2) is 0 Å². The quantitative estimate of drug-likeness (QED) is 0.692. The minimum atomic E-state index is -3.81. The molecule has 7 heteroatoms. The predicted octanol–water partition coefficient (Wildman–Crippen LogP) is 4.31. The molecule has 6 nitrogen and oxygen atoms in total. The van der Waals surface area contributed by atoms with E-state index >= 15 is 0 Å². The second-order valence-corrected chi connectivity index (χ2v) is 10.6. The highest BCUT2D eigenvalue weighted by Crippen LogP contribution is 2.40. The number of hydrogen-bond acceptors (Lipinski definition) is 4. The van der Waals surface area contributed by atoms with Crippen LogP contribution in [-0.2, 0) is 10.0 Å². The van der Waals surface area contributed by atoms with Gasteiger partial charge in [0, 0.05) is 24.7 Å². The summed E-state index contributed by atoms with van der Waals surface area (Å²) in [5.41, 5.74) is 0.957. The van der Waals surface area contributed by atoms with Gasteiger partial charge in [-0.25, -0.2) is 8.42 Å². The third kappa shape index (κ3) is 4.03. The van der Waals surface area contributed by atoms with Crippen LogP contribution in [0.2, 0.25) is 0 Å². The van der Waals surface area contributed by atoms with Crippen LogP contribution in [0.15, 0.2) is 53.4 Å². The fourth-order valence-electron chi connectivity index (χ4n) is 5.09. The van der Waals surface area contributed by atoms with Crippen molar-refractivity contribution in [3.8, 4) is 5.75 Å². The topological polar surface area (TPSA) is 66.9 Å². The number of sulfonamides is 1. The average Bonchev–Trinajstić information content (AvgIpc) is 3.13. The molecule has 31 heavy (non-hydrogen) atoms. The van der Waals surface area contributed by atoms with Crippen LogP contribution in [-0.4, -0.2) is 45.5 Å². The standard InChI is InChI=1S/C24H30N2O4S/c1-17-15-18-7-4-5-10-23(18)26(17)24(27)19-8-6-9-22(16-19)31(28,29)25(2)20-11-13-21(30-3)14-12-20/h6,8-9,11-14,16-18,23H,4-5,7,10,15H2,1-3H3. The first-order valence-corrected chi connectivity index (χ1v) is 12.3. The second kappa shape index (κ2) is 8.54. The van der Waals surface area contributed by atoms with Gasteiger partial charge in [0.05, 0.1) is 17.7 Å². The smallest absolute Gasteiger partial charge is 0.264 e. The Morgan fingerprint density at radius 1 is 1.10 bits per heavy atom. The van der Waals surface area contributed by atoms with Crippen LogP contribution in [0.3, 0.4) is 0 Å². The summed E-state index contributed by atoms with van der Waals surface area (Å²) in [6, 6.07) is 13.7. The van der Waals surface area contributed by atoms with Crippen LogP contribution < -0.4 is 9.04 Å². The molecule has 1 amide bonds. The number of rotatable bonds is 5. The number of benzene rings is 2. The minimum absolute atomic E-state index is 0.0638. The second-order valence-electron chi connectivity index (χ2n) is 8.61. The number of carbonyl (C=O) groups is 1. The molecule has 1 saturated carbocycles. The van der Waals surface area contributed by atoms with E-state index in [9.17, 15) is 13.2 Å². The van der Waals surface area contributed by atoms with Crippen LogP contribution in [0.25, 0.3) is 0 Å². The van der Waals surface area contributed by atoms with Gasteiger partial charge in [0.25, 0.3) is 15.9 Å². The minimum Gasteiger partial charge on any atom is -0.497 e. The summed E-state index contributed by atoms with van der Waals surface area (Å²) in [6.45, 7) is 2.11. The molecule has 1 aliphatic carbocycles. The van der Waals surface area contributed by atoms with Gasteiger partial charge in [0.1, 0.15) is 5.75 Å². The summed E-state index contributed by atoms with van der Waals surface area (Å²) in [7, 11) is -0.727. The number of fused-ring (bicyclic) bond motifs is 1. The van der Waals surface area contributed by atoms with E-state index in [0.29, 0.717) is 22.9 Å². The lowest BCUT2D eigenvalue weighted by Crippen LogP contribution is -2.42. The van der Waals surface area contributed by atoms with Crippen molar-refractivity contribution in [2.75, 3.05) is 18.5 Å². The summed E-state index contributed by atoms with van der Waals surface area (Å²) in [5.74, 6) is 1.16. The Hall–Kier alpha value is -2.54. The first kappa shape index (κ1) is 21.7. The van der Waals surface area contributed by atoms with E-state index in [2.05, 4.69) is 6.92 Å². The Bertz CT molecular complexity index is 1050. The molecule has 166 valence electrons. The van der Waals surface area contributed by atoms with Crippen molar-refractivity contribution in [2.24, 2.45) is 5.92 Å². The summed E-state index contributed by atoms with van der Waals surface area (Å²) in [6.07, 6.45) is 5.65. The molecule has 1 heterocycles. The van der Waals surface area contributed by atoms with Gasteiger partial charge < -0.3 is 9.64 Å². The highest BCUT2D eigenvalue weighted by atomic mass is 32.2. The number of methoxy groups -OCH3 is 1. The fraction of sp³-hybridized carbons (Fsp3) is 0.458. The molecule has 3 unspecified atom stereocenters. The van der Waals surface area contributed by atoms with Crippen LogP contribution in [0.4, 0.5) is 5.69 Å². The van der Waals surface area contributed by atoms with Crippen molar-refractivity contribution in [3.05, 3.63) is 54.1 Å². The average molecular weight is 443 g/mol. The predicted molar refractivity (Wildman–Crippen MR) is 121 cm³/mol. The molecule has 0 spiro atoms.